The molecular formula is C19H29NO3. The van der Waals surface area contributed by atoms with E-state index in [1.165, 1.54) is 12.8 Å². The lowest BCUT2D eigenvalue weighted by molar-refractivity contribution is -0.143. The Morgan fingerprint density at radius 2 is 1.78 bits per heavy atom. The van der Waals surface area contributed by atoms with Gasteiger partial charge in [-0.25, -0.2) is 0 Å². The Balaban J connectivity index is 2.10. The second kappa shape index (κ2) is 11.7. The van der Waals surface area contributed by atoms with Crippen molar-refractivity contribution in [2.24, 2.45) is 0 Å². The van der Waals surface area contributed by atoms with Crippen molar-refractivity contribution < 1.29 is 14.3 Å². The molecule has 128 valence electrons. The molecule has 1 aromatic carbocycles. The molecule has 0 aliphatic carbocycles. The number of carbonyl (C=O) groups is 2. The summed E-state index contributed by atoms with van der Waals surface area (Å²) >= 11 is 0. The first-order valence-electron chi connectivity index (χ1n) is 8.63. The lowest BCUT2D eigenvalue weighted by Gasteiger charge is -2.14. The zero-order valence-electron chi connectivity index (χ0n) is 14.3. The van der Waals surface area contributed by atoms with Gasteiger partial charge in [-0.05, 0) is 25.3 Å². The zero-order valence-corrected chi connectivity index (χ0v) is 14.3. The van der Waals surface area contributed by atoms with Gasteiger partial charge in [-0.15, -0.1) is 0 Å². The van der Waals surface area contributed by atoms with Gasteiger partial charge in [0, 0.05) is 12.8 Å². The van der Waals surface area contributed by atoms with Gasteiger partial charge in [-0.1, -0.05) is 56.5 Å². The summed E-state index contributed by atoms with van der Waals surface area (Å²) in [5.41, 5.74) is 1.08. The third kappa shape index (κ3) is 9.01. The van der Waals surface area contributed by atoms with Crippen LogP contribution < -0.4 is 5.32 Å². The minimum Gasteiger partial charge on any atom is -0.466 e. The summed E-state index contributed by atoms with van der Waals surface area (Å²) in [7, 11) is 0. The van der Waals surface area contributed by atoms with Crippen molar-refractivity contribution in [3.8, 4) is 0 Å². The fraction of sp³-hybridized carbons (Fsp3) is 0.579. The molecule has 0 aliphatic rings. The summed E-state index contributed by atoms with van der Waals surface area (Å²) in [6.45, 7) is 4.60. The molecule has 4 nitrogen and oxygen atoms in total. The molecule has 1 N–H and O–H groups in total. The highest BCUT2D eigenvalue weighted by Crippen LogP contribution is 2.11. The molecule has 0 aliphatic heterocycles. The van der Waals surface area contributed by atoms with Gasteiger partial charge in [0.1, 0.15) is 0 Å². The Bertz CT molecular complexity index is 459. The van der Waals surface area contributed by atoms with Crippen LogP contribution in [0.15, 0.2) is 30.3 Å². The summed E-state index contributed by atoms with van der Waals surface area (Å²) in [5.74, 6) is -0.234. The van der Waals surface area contributed by atoms with E-state index in [4.69, 9.17) is 4.74 Å². The van der Waals surface area contributed by atoms with Gasteiger partial charge in [0.2, 0.25) is 5.91 Å². The van der Waals surface area contributed by atoms with Crippen molar-refractivity contribution in [3.63, 3.8) is 0 Å². The molecule has 0 radical (unpaired) electrons. The summed E-state index contributed by atoms with van der Waals surface area (Å²) in [4.78, 5) is 23.4. The van der Waals surface area contributed by atoms with E-state index >= 15 is 0 Å². The third-order valence-corrected chi connectivity index (χ3v) is 3.72. The quantitative estimate of drug-likeness (QED) is 0.492. The maximum absolute atomic E-state index is 11.9. The number of benzene rings is 1. The third-order valence-electron chi connectivity index (χ3n) is 3.72. The lowest BCUT2D eigenvalue weighted by atomic mass is 10.1. The Hall–Kier alpha value is -1.84. The van der Waals surface area contributed by atoms with E-state index in [1.54, 1.807) is 0 Å². The molecule has 0 saturated heterocycles. The van der Waals surface area contributed by atoms with Gasteiger partial charge < -0.3 is 10.1 Å². The van der Waals surface area contributed by atoms with Gasteiger partial charge in [-0.2, -0.15) is 0 Å². The summed E-state index contributed by atoms with van der Waals surface area (Å²) in [6.07, 6.45) is 5.56. The highest BCUT2D eigenvalue weighted by Gasteiger charge is 2.10. The van der Waals surface area contributed by atoms with Crippen LogP contribution in [0.1, 0.15) is 70.4 Å². The molecule has 1 unspecified atom stereocenters. The van der Waals surface area contributed by atoms with E-state index in [0.29, 0.717) is 25.9 Å². The Labute approximate surface area is 139 Å². The maximum atomic E-state index is 11.9. The van der Waals surface area contributed by atoms with Crippen molar-refractivity contribution >= 4 is 11.9 Å². The number of hydrogen-bond donors (Lipinski definition) is 1. The molecule has 0 aromatic heterocycles. The van der Waals surface area contributed by atoms with E-state index in [-0.39, 0.29) is 17.9 Å². The Morgan fingerprint density at radius 1 is 1.04 bits per heavy atom. The summed E-state index contributed by atoms with van der Waals surface area (Å²) in [6, 6.07) is 9.81. The number of ether oxygens (including phenoxy) is 1. The van der Waals surface area contributed by atoms with Gasteiger partial charge in [-0.3, -0.25) is 9.59 Å². The molecule has 0 saturated carbocycles. The minimum absolute atomic E-state index is 0.0192. The largest absolute Gasteiger partial charge is 0.466 e. The molecule has 1 atom stereocenters. The minimum atomic E-state index is -0.203. The van der Waals surface area contributed by atoms with Gasteiger partial charge >= 0.3 is 5.97 Å². The van der Waals surface area contributed by atoms with Crippen LogP contribution in [0.5, 0.6) is 0 Å². The number of unbranched alkanes of at least 4 members (excludes halogenated alkanes) is 3. The molecule has 0 fully saturated rings. The molecule has 23 heavy (non-hydrogen) atoms. The molecule has 4 heteroatoms. The standard InChI is InChI=1S/C19H29NO3/c1-3-4-5-9-15-23-19(22)14-10-13-18(21)20-16(2)17-11-7-6-8-12-17/h6-8,11-12,16H,3-5,9-10,13-15H2,1-2H3,(H,20,21). The Morgan fingerprint density at radius 3 is 2.48 bits per heavy atom. The predicted octanol–water partition coefficient (Wildman–Crippen LogP) is 4.16. The topological polar surface area (TPSA) is 55.4 Å². The normalized spacial score (nSPS) is 11.7. The van der Waals surface area contributed by atoms with Crippen LogP contribution in [-0.2, 0) is 14.3 Å². The molecule has 1 aromatic rings. The molecule has 0 spiro atoms. The molecule has 1 amide bonds. The first kappa shape index (κ1) is 19.2. The number of rotatable bonds is 11. The fourth-order valence-corrected chi connectivity index (χ4v) is 2.32. The van der Waals surface area contributed by atoms with Crippen molar-refractivity contribution in [2.45, 2.75) is 64.8 Å². The van der Waals surface area contributed by atoms with E-state index in [0.717, 1.165) is 18.4 Å². The summed E-state index contributed by atoms with van der Waals surface area (Å²) < 4.78 is 5.15. The number of esters is 1. The molecule has 0 heterocycles. The average molecular weight is 319 g/mol. The van der Waals surface area contributed by atoms with E-state index < -0.39 is 0 Å². The van der Waals surface area contributed by atoms with Gasteiger partial charge in [0.05, 0.1) is 12.6 Å². The fourth-order valence-electron chi connectivity index (χ4n) is 2.32. The van der Waals surface area contributed by atoms with E-state index in [1.807, 2.05) is 37.3 Å². The number of nitrogens with one attached hydrogen (secondary N) is 1. The highest BCUT2D eigenvalue weighted by molar-refractivity contribution is 5.77. The average Bonchev–Trinajstić information content (AvgIpc) is 2.55. The van der Waals surface area contributed by atoms with Crippen LogP contribution in [0.3, 0.4) is 0 Å². The van der Waals surface area contributed by atoms with Crippen LogP contribution in [-0.4, -0.2) is 18.5 Å². The van der Waals surface area contributed by atoms with Crippen LogP contribution >= 0.6 is 0 Å². The van der Waals surface area contributed by atoms with Crippen molar-refractivity contribution in [2.75, 3.05) is 6.61 Å². The highest BCUT2D eigenvalue weighted by atomic mass is 16.5. The second-order valence-corrected chi connectivity index (χ2v) is 5.83. The van der Waals surface area contributed by atoms with Crippen LogP contribution in [0, 0.1) is 0 Å². The van der Waals surface area contributed by atoms with Gasteiger partial charge in [0.25, 0.3) is 0 Å². The molecular weight excluding hydrogens is 290 g/mol. The van der Waals surface area contributed by atoms with Crippen LogP contribution in [0.4, 0.5) is 0 Å². The Kier molecular flexibility index (Phi) is 9.76. The van der Waals surface area contributed by atoms with E-state index in [2.05, 4.69) is 12.2 Å². The van der Waals surface area contributed by atoms with E-state index in [9.17, 15) is 9.59 Å². The number of carbonyl (C=O) groups excluding carboxylic acids is 2. The molecule has 1 rings (SSSR count). The SMILES string of the molecule is CCCCCCOC(=O)CCCC(=O)NC(C)c1ccccc1. The van der Waals surface area contributed by atoms with Crippen LogP contribution in [0.25, 0.3) is 0 Å². The summed E-state index contributed by atoms with van der Waals surface area (Å²) in [5, 5.41) is 2.95. The second-order valence-electron chi connectivity index (χ2n) is 5.83. The van der Waals surface area contributed by atoms with Crippen molar-refractivity contribution in [1.29, 1.82) is 0 Å². The van der Waals surface area contributed by atoms with Crippen molar-refractivity contribution in [1.82, 2.24) is 5.32 Å². The van der Waals surface area contributed by atoms with Crippen LogP contribution in [0.2, 0.25) is 0 Å². The number of amides is 1. The lowest BCUT2D eigenvalue weighted by Crippen LogP contribution is -2.26. The maximum Gasteiger partial charge on any atom is 0.305 e. The first-order chi connectivity index (χ1) is 11.1. The van der Waals surface area contributed by atoms with Gasteiger partial charge in [0.15, 0.2) is 0 Å². The first-order valence-corrected chi connectivity index (χ1v) is 8.63. The smallest absolute Gasteiger partial charge is 0.305 e. The van der Waals surface area contributed by atoms with Crippen molar-refractivity contribution in [3.05, 3.63) is 35.9 Å². The molecule has 0 bridgehead atoms. The predicted molar refractivity (Wildman–Crippen MR) is 92.0 cm³/mol. The number of hydrogen-bond acceptors (Lipinski definition) is 3. The monoisotopic (exact) mass is 319 g/mol. The zero-order chi connectivity index (χ0) is 16.9.